The van der Waals surface area contributed by atoms with Crippen molar-refractivity contribution < 1.29 is 19.5 Å². The second-order valence-electron chi connectivity index (χ2n) is 9.90. The molecule has 0 bridgehead atoms. The molecule has 29 heavy (non-hydrogen) atoms. The van der Waals surface area contributed by atoms with Gasteiger partial charge in [0.2, 0.25) is 0 Å². The number of carbonyl (C=O) groups is 3. The summed E-state index contributed by atoms with van der Waals surface area (Å²) in [6.07, 6.45) is 17.6. The van der Waals surface area contributed by atoms with Crippen LogP contribution < -0.4 is 0 Å². The Morgan fingerprint density at radius 3 is 1.66 bits per heavy atom. The van der Waals surface area contributed by atoms with E-state index in [1.807, 2.05) is 0 Å². The molecule has 0 unspecified atom stereocenters. The van der Waals surface area contributed by atoms with Crippen molar-refractivity contribution >= 4 is 17.3 Å². The molecule has 4 aliphatic rings. The van der Waals surface area contributed by atoms with Crippen LogP contribution >= 0.6 is 0 Å². The lowest BCUT2D eigenvalue weighted by atomic mass is 9.63. The Labute approximate surface area is 173 Å². The first-order valence-electron chi connectivity index (χ1n) is 11.3. The first kappa shape index (κ1) is 20.3. The minimum Gasteiger partial charge on any atom is -0.512 e. The summed E-state index contributed by atoms with van der Waals surface area (Å²) in [6, 6.07) is 0. The molecular weight excluding hydrogens is 364 g/mol. The lowest BCUT2D eigenvalue weighted by molar-refractivity contribution is -0.129. The van der Waals surface area contributed by atoms with Crippen LogP contribution in [0.15, 0.2) is 35.1 Å². The van der Waals surface area contributed by atoms with Crippen LogP contribution in [-0.4, -0.2) is 22.5 Å². The van der Waals surface area contributed by atoms with Gasteiger partial charge in [-0.1, -0.05) is 44.6 Å². The predicted molar refractivity (Wildman–Crippen MR) is 111 cm³/mol. The molecule has 1 N–H and O–H groups in total. The summed E-state index contributed by atoms with van der Waals surface area (Å²) < 4.78 is 0. The van der Waals surface area contributed by atoms with Gasteiger partial charge in [0.05, 0.1) is 11.1 Å². The maximum Gasteiger partial charge on any atom is 0.167 e. The first-order valence-corrected chi connectivity index (χ1v) is 11.3. The van der Waals surface area contributed by atoms with Crippen molar-refractivity contribution in [1.29, 1.82) is 0 Å². The summed E-state index contributed by atoms with van der Waals surface area (Å²) in [6.45, 7) is 0. The fraction of sp³-hybridized carbons (Fsp3) is 0.640. The van der Waals surface area contributed by atoms with Gasteiger partial charge in [-0.05, 0) is 48.7 Å². The molecule has 3 saturated carbocycles. The SMILES string of the molecule is O=C1CC2(CCCCC2)CC(=O)C1=C/C=C/C1=C(O)CC2(CCCCC2)CC1=O. The predicted octanol–water partition coefficient (Wildman–Crippen LogP) is 5.48. The molecule has 0 atom stereocenters. The molecule has 2 spiro atoms. The van der Waals surface area contributed by atoms with Crippen molar-refractivity contribution in [2.24, 2.45) is 10.8 Å². The van der Waals surface area contributed by atoms with E-state index in [9.17, 15) is 19.5 Å². The van der Waals surface area contributed by atoms with E-state index >= 15 is 0 Å². The van der Waals surface area contributed by atoms with Gasteiger partial charge in [0.25, 0.3) is 0 Å². The average Bonchev–Trinajstić information content (AvgIpc) is 2.67. The van der Waals surface area contributed by atoms with E-state index < -0.39 is 0 Å². The van der Waals surface area contributed by atoms with Gasteiger partial charge in [-0.25, -0.2) is 0 Å². The minimum absolute atomic E-state index is 0.0206. The van der Waals surface area contributed by atoms with E-state index in [4.69, 9.17) is 0 Å². The van der Waals surface area contributed by atoms with Crippen molar-refractivity contribution in [1.82, 2.24) is 0 Å². The van der Waals surface area contributed by atoms with E-state index in [-0.39, 0.29) is 39.5 Å². The summed E-state index contributed by atoms with van der Waals surface area (Å²) in [5.41, 5.74) is 0.433. The third kappa shape index (κ3) is 4.17. The molecule has 0 amide bonds. The smallest absolute Gasteiger partial charge is 0.167 e. The third-order valence-corrected chi connectivity index (χ3v) is 7.72. The van der Waals surface area contributed by atoms with Crippen LogP contribution in [0.3, 0.4) is 0 Å². The van der Waals surface area contributed by atoms with Crippen LogP contribution in [0.2, 0.25) is 0 Å². The van der Waals surface area contributed by atoms with Crippen LogP contribution in [0.1, 0.15) is 89.9 Å². The number of aliphatic hydroxyl groups excluding tert-OH is 1. The topological polar surface area (TPSA) is 71.4 Å². The molecule has 156 valence electrons. The summed E-state index contributed by atoms with van der Waals surface area (Å²) in [5, 5.41) is 10.5. The van der Waals surface area contributed by atoms with Crippen molar-refractivity contribution in [2.45, 2.75) is 89.9 Å². The van der Waals surface area contributed by atoms with Crippen LogP contribution in [0, 0.1) is 10.8 Å². The third-order valence-electron chi connectivity index (χ3n) is 7.72. The van der Waals surface area contributed by atoms with E-state index in [2.05, 4.69) is 0 Å². The highest BCUT2D eigenvalue weighted by molar-refractivity contribution is 6.22. The molecule has 0 aromatic heterocycles. The van der Waals surface area contributed by atoms with Gasteiger partial charge >= 0.3 is 0 Å². The van der Waals surface area contributed by atoms with Crippen molar-refractivity contribution in [2.75, 3.05) is 0 Å². The molecular formula is C25H32O4. The Morgan fingerprint density at radius 1 is 0.655 bits per heavy atom. The van der Waals surface area contributed by atoms with Crippen molar-refractivity contribution in [3.8, 4) is 0 Å². The summed E-state index contributed by atoms with van der Waals surface area (Å²) in [4.78, 5) is 37.9. The maximum atomic E-state index is 12.7. The van der Waals surface area contributed by atoms with Gasteiger partial charge in [0.15, 0.2) is 17.3 Å². The Morgan fingerprint density at radius 2 is 1.14 bits per heavy atom. The summed E-state index contributed by atoms with van der Waals surface area (Å²) in [7, 11) is 0. The Bertz CT molecular complexity index is 777. The van der Waals surface area contributed by atoms with Gasteiger partial charge in [-0.2, -0.15) is 0 Å². The Kier molecular flexibility index (Phi) is 5.63. The van der Waals surface area contributed by atoms with Crippen LogP contribution in [0.25, 0.3) is 0 Å². The maximum absolute atomic E-state index is 12.7. The van der Waals surface area contributed by atoms with Gasteiger partial charge in [-0.3, -0.25) is 14.4 Å². The van der Waals surface area contributed by atoms with Crippen LogP contribution in [-0.2, 0) is 14.4 Å². The molecule has 0 aromatic rings. The monoisotopic (exact) mass is 396 g/mol. The Balaban J connectivity index is 1.47. The molecule has 0 saturated heterocycles. The zero-order valence-corrected chi connectivity index (χ0v) is 17.3. The number of carbonyl (C=O) groups excluding carboxylic acids is 3. The van der Waals surface area contributed by atoms with E-state index in [0.29, 0.717) is 31.3 Å². The largest absolute Gasteiger partial charge is 0.512 e. The second-order valence-corrected chi connectivity index (χ2v) is 9.90. The number of hydrogen-bond acceptors (Lipinski definition) is 4. The van der Waals surface area contributed by atoms with Crippen LogP contribution in [0.4, 0.5) is 0 Å². The number of rotatable bonds is 2. The highest BCUT2D eigenvalue weighted by Crippen LogP contribution is 2.48. The molecule has 4 heteroatoms. The van der Waals surface area contributed by atoms with E-state index in [0.717, 1.165) is 51.4 Å². The molecule has 0 heterocycles. The van der Waals surface area contributed by atoms with Gasteiger partial charge < -0.3 is 5.11 Å². The molecule has 0 radical (unpaired) electrons. The zero-order chi connectivity index (χ0) is 20.5. The fourth-order valence-electron chi connectivity index (χ4n) is 6.13. The van der Waals surface area contributed by atoms with E-state index in [1.54, 1.807) is 18.2 Å². The van der Waals surface area contributed by atoms with Gasteiger partial charge in [0.1, 0.15) is 5.76 Å². The minimum atomic E-state index is -0.109. The molecule has 3 fully saturated rings. The number of ketones is 3. The average molecular weight is 397 g/mol. The van der Waals surface area contributed by atoms with Crippen molar-refractivity contribution in [3.63, 3.8) is 0 Å². The lowest BCUT2D eigenvalue weighted by Crippen LogP contribution is -2.37. The van der Waals surface area contributed by atoms with Gasteiger partial charge in [0, 0.05) is 25.7 Å². The first-order chi connectivity index (χ1) is 13.9. The molecule has 4 rings (SSSR count). The number of aliphatic hydroxyl groups is 1. The van der Waals surface area contributed by atoms with Gasteiger partial charge in [-0.15, -0.1) is 0 Å². The number of allylic oxidation sites excluding steroid dienone is 6. The number of Topliss-reactive ketones (excluding diaryl/α,β-unsaturated/α-hetero) is 3. The molecule has 4 aliphatic carbocycles. The van der Waals surface area contributed by atoms with E-state index in [1.165, 1.54) is 12.8 Å². The zero-order valence-electron chi connectivity index (χ0n) is 17.3. The van der Waals surface area contributed by atoms with Crippen LogP contribution in [0.5, 0.6) is 0 Å². The lowest BCUT2D eigenvalue weighted by Gasteiger charge is -2.39. The normalized spacial score (nSPS) is 27.3. The highest BCUT2D eigenvalue weighted by Gasteiger charge is 2.43. The standard InChI is InChI=1S/C25H32O4/c26-20-14-24(10-3-1-4-11-24)15-21(27)18(20)8-7-9-19-22(28)16-25(17-23(19)29)12-5-2-6-13-25/h7-9,26H,1-6,10-17H2/b8-7+. The molecule has 4 nitrogen and oxygen atoms in total. The molecule has 0 aliphatic heterocycles. The summed E-state index contributed by atoms with van der Waals surface area (Å²) >= 11 is 0. The highest BCUT2D eigenvalue weighted by atomic mass is 16.3. The molecule has 0 aromatic carbocycles. The Hall–Kier alpha value is -1.97. The number of hydrogen-bond donors (Lipinski definition) is 1. The summed E-state index contributed by atoms with van der Waals surface area (Å²) in [5.74, 6) is 0.0114. The quantitative estimate of drug-likeness (QED) is 0.496. The second kappa shape index (κ2) is 8.04. The van der Waals surface area contributed by atoms with Crippen molar-refractivity contribution in [3.05, 3.63) is 35.1 Å². The fourth-order valence-corrected chi connectivity index (χ4v) is 6.13.